The molecule has 0 aliphatic carbocycles. The third-order valence-corrected chi connectivity index (χ3v) is 1.50. The van der Waals surface area contributed by atoms with Crippen LogP contribution in [0.25, 0.3) is 0 Å². The lowest BCUT2D eigenvalue weighted by atomic mass is 10.7. The van der Waals surface area contributed by atoms with E-state index in [1.54, 1.807) is 13.8 Å². The topological polar surface area (TPSA) is 120 Å². The van der Waals surface area contributed by atoms with Crippen LogP contribution in [-0.2, 0) is 6.61 Å². The molecule has 2 heterocycles. The number of nitrogens with one attached hydrogen (secondary N) is 2. The van der Waals surface area contributed by atoms with Crippen molar-refractivity contribution in [2.75, 3.05) is 0 Å². The molecule has 8 nitrogen and oxygen atoms in total. The molecule has 0 aliphatic rings. The summed E-state index contributed by atoms with van der Waals surface area (Å²) in [5.41, 5.74) is 0. The Labute approximate surface area is 91.1 Å². The van der Waals surface area contributed by atoms with E-state index < -0.39 is 0 Å². The normalized spacial score (nSPS) is 9.44. The van der Waals surface area contributed by atoms with Crippen LogP contribution >= 0.6 is 0 Å². The van der Waals surface area contributed by atoms with Gasteiger partial charge in [-0.25, -0.2) is 9.97 Å². The van der Waals surface area contributed by atoms with Crippen molar-refractivity contribution in [3.05, 3.63) is 23.3 Å². The van der Waals surface area contributed by atoms with Crippen LogP contribution in [0.1, 0.15) is 28.1 Å². The number of aromatic nitrogens is 6. The number of aliphatic hydroxyl groups excluding tert-OH is 1. The van der Waals surface area contributed by atoms with E-state index in [4.69, 9.17) is 5.11 Å². The Balaban J connectivity index is 0.000000160. The molecular formula is C8H12N6O2. The monoisotopic (exact) mass is 224 g/mol. The van der Waals surface area contributed by atoms with Crippen molar-refractivity contribution in [2.24, 2.45) is 0 Å². The van der Waals surface area contributed by atoms with Gasteiger partial charge in [-0.15, -0.1) is 0 Å². The summed E-state index contributed by atoms with van der Waals surface area (Å²) in [6, 6.07) is 0. The van der Waals surface area contributed by atoms with Crippen LogP contribution in [0.15, 0.2) is 0 Å². The molecule has 0 fully saturated rings. The summed E-state index contributed by atoms with van der Waals surface area (Å²) in [5, 5.41) is 20.7. The SMILES string of the molecule is Cc1nc(C=O)n[nH]1.Cc1nc(CO)n[nH]1. The summed E-state index contributed by atoms with van der Waals surface area (Å²) in [6.07, 6.45) is 0.601. The zero-order chi connectivity index (χ0) is 12.0. The van der Waals surface area contributed by atoms with Crippen LogP contribution in [-0.4, -0.2) is 41.8 Å². The molecule has 0 radical (unpaired) electrons. The highest BCUT2D eigenvalue weighted by Gasteiger charge is 1.93. The number of aryl methyl sites for hydroxylation is 2. The molecule has 2 rings (SSSR count). The Kier molecular flexibility index (Phi) is 4.28. The molecule has 0 saturated heterocycles. The molecule has 3 N–H and O–H groups in total. The predicted octanol–water partition coefficient (Wildman–Crippen LogP) is -0.469. The molecule has 8 heteroatoms. The molecule has 0 saturated carbocycles. The maximum Gasteiger partial charge on any atom is 0.214 e. The molecule has 0 bridgehead atoms. The lowest BCUT2D eigenvalue weighted by molar-refractivity contribution is 0.111. The lowest BCUT2D eigenvalue weighted by Gasteiger charge is -1.76. The quantitative estimate of drug-likeness (QED) is 0.593. The number of carbonyl (C=O) groups excluding carboxylic acids is 1. The minimum absolute atomic E-state index is 0.0929. The molecule has 0 atom stereocenters. The average molecular weight is 224 g/mol. The van der Waals surface area contributed by atoms with Gasteiger partial charge in [0.25, 0.3) is 0 Å². The van der Waals surface area contributed by atoms with E-state index in [0.29, 0.717) is 17.9 Å². The summed E-state index contributed by atoms with van der Waals surface area (Å²) in [6.45, 7) is 3.43. The van der Waals surface area contributed by atoms with E-state index in [9.17, 15) is 4.79 Å². The van der Waals surface area contributed by atoms with Gasteiger partial charge in [0.15, 0.2) is 12.1 Å². The van der Waals surface area contributed by atoms with Crippen molar-refractivity contribution in [1.82, 2.24) is 30.4 Å². The van der Waals surface area contributed by atoms with Gasteiger partial charge in [0.05, 0.1) is 0 Å². The first-order chi connectivity index (χ1) is 7.65. The Morgan fingerprint density at radius 2 is 1.81 bits per heavy atom. The van der Waals surface area contributed by atoms with Gasteiger partial charge in [-0.2, -0.15) is 10.2 Å². The summed E-state index contributed by atoms with van der Waals surface area (Å²) >= 11 is 0. The van der Waals surface area contributed by atoms with Gasteiger partial charge in [-0.05, 0) is 13.8 Å². The van der Waals surface area contributed by atoms with E-state index in [1.807, 2.05) is 0 Å². The van der Waals surface area contributed by atoms with Crippen molar-refractivity contribution in [3.8, 4) is 0 Å². The van der Waals surface area contributed by atoms with Crippen molar-refractivity contribution in [2.45, 2.75) is 20.5 Å². The van der Waals surface area contributed by atoms with Crippen molar-refractivity contribution in [1.29, 1.82) is 0 Å². The minimum Gasteiger partial charge on any atom is -0.388 e. The number of hydrogen-bond acceptors (Lipinski definition) is 6. The predicted molar refractivity (Wildman–Crippen MR) is 53.5 cm³/mol. The van der Waals surface area contributed by atoms with Crippen LogP contribution in [0.4, 0.5) is 0 Å². The number of nitrogens with zero attached hydrogens (tertiary/aromatic N) is 4. The highest BCUT2D eigenvalue weighted by Crippen LogP contribution is 1.87. The first-order valence-electron chi connectivity index (χ1n) is 4.48. The van der Waals surface area contributed by atoms with Gasteiger partial charge in [0, 0.05) is 0 Å². The Hall–Kier alpha value is -2.09. The molecule has 0 spiro atoms. The van der Waals surface area contributed by atoms with Crippen LogP contribution < -0.4 is 0 Å². The number of rotatable bonds is 2. The number of aliphatic hydroxyl groups is 1. The van der Waals surface area contributed by atoms with E-state index >= 15 is 0 Å². The van der Waals surface area contributed by atoms with Gasteiger partial charge in [-0.1, -0.05) is 0 Å². The summed E-state index contributed by atoms with van der Waals surface area (Å²) < 4.78 is 0. The summed E-state index contributed by atoms with van der Waals surface area (Å²) in [5.74, 6) is 2.05. The van der Waals surface area contributed by atoms with E-state index in [2.05, 4.69) is 30.4 Å². The standard InChI is InChI=1S/C4H7N3O.C4H5N3O/c2*1-3-5-4(2-8)7-6-3/h8H,2H2,1H3,(H,5,6,7);2H,1H3,(H,5,6,7). The third-order valence-electron chi connectivity index (χ3n) is 1.50. The van der Waals surface area contributed by atoms with Gasteiger partial charge in [0.2, 0.25) is 5.82 Å². The first-order valence-corrected chi connectivity index (χ1v) is 4.48. The zero-order valence-electron chi connectivity index (χ0n) is 8.93. The lowest BCUT2D eigenvalue weighted by Crippen LogP contribution is -1.83. The zero-order valence-corrected chi connectivity index (χ0v) is 8.93. The number of aldehydes is 1. The molecule has 86 valence electrons. The molecule has 0 unspecified atom stereocenters. The molecular weight excluding hydrogens is 212 g/mol. The Bertz CT molecular complexity index is 449. The van der Waals surface area contributed by atoms with Crippen LogP contribution in [0.5, 0.6) is 0 Å². The second-order valence-corrected chi connectivity index (χ2v) is 2.89. The van der Waals surface area contributed by atoms with Gasteiger partial charge >= 0.3 is 0 Å². The Morgan fingerprint density at radius 3 is 2.06 bits per heavy atom. The fourth-order valence-electron chi connectivity index (χ4n) is 0.872. The average Bonchev–Trinajstić information content (AvgIpc) is 2.88. The fourth-order valence-corrected chi connectivity index (χ4v) is 0.872. The maximum atomic E-state index is 9.87. The minimum atomic E-state index is -0.0929. The van der Waals surface area contributed by atoms with E-state index in [0.717, 1.165) is 5.82 Å². The molecule has 0 aromatic carbocycles. The summed E-state index contributed by atoms with van der Waals surface area (Å²) in [4.78, 5) is 17.4. The molecule has 0 amide bonds. The van der Waals surface area contributed by atoms with E-state index in [1.165, 1.54) is 0 Å². The number of hydrogen-bond donors (Lipinski definition) is 3. The largest absolute Gasteiger partial charge is 0.388 e. The van der Waals surface area contributed by atoms with Crippen molar-refractivity contribution < 1.29 is 9.90 Å². The third kappa shape index (κ3) is 3.58. The smallest absolute Gasteiger partial charge is 0.214 e. The second-order valence-electron chi connectivity index (χ2n) is 2.89. The van der Waals surface area contributed by atoms with Crippen LogP contribution in [0.2, 0.25) is 0 Å². The van der Waals surface area contributed by atoms with Gasteiger partial charge in [0.1, 0.15) is 18.3 Å². The van der Waals surface area contributed by atoms with Gasteiger partial charge in [-0.3, -0.25) is 15.0 Å². The number of aromatic amines is 2. The molecule has 2 aromatic heterocycles. The first kappa shape index (κ1) is 12.0. The van der Waals surface area contributed by atoms with Crippen molar-refractivity contribution in [3.63, 3.8) is 0 Å². The number of H-pyrrole nitrogens is 2. The molecule has 2 aromatic rings. The highest BCUT2D eigenvalue weighted by atomic mass is 16.3. The van der Waals surface area contributed by atoms with Gasteiger partial charge < -0.3 is 5.11 Å². The van der Waals surface area contributed by atoms with Crippen LogP contribution in [0.3, 0.4) is 0 Å². The summed E-state index contributed by atoms with van der Waals surface area (Å²) in [7, 11) is 0. The molecule has 0 aliphatic heterocycles. The second kappa shape index (κ2) is 5.71. The highest BCUT2D eigenvalue weighted by molar-refractivity contribution is 5.68. The fraction of sp³-hybridized carbons (Fsp3) is 0.375. The van der Waals surface area contributed by atoms with Crippen molar-refractivity contribution >= 4 is 6.29 Å². The number of carbonyl (C=O) groups is 1. The maximum absolute atomic E-state index is 9.87. The Morgan fingerprint density at radius 1 is 1.19 bits per heavy atom. The van der Waals surface area contributed by atoms with E-state index in [-0.39, 0.29) is 12.4 Å². The molecule has 16 heavy (non-hydrogen) atoms. The van der Waals surface area contributed by atoms with Crippen LogP contribution in [0, 0.1) is 13.8 Å².